The topological polar surface area (TPSA) is 101 Å². The zero-order chi connectivity index (χ0) is 27.4. The number of amides is 3. The molecule has 1 aromatic heterocycles. The first-order valence-corrected chi connectivity index (χ1v) is 14.5. The molecule has 3 saturated heterocycles. The van der Waals surface area contributed by atoms with Crippen molar-refractivity contribution < 1.29 is 23.8 Å². The number of fused-ring (bicyclic) bond motifs is 4. The van der Waals surface area contributed by atoms with Crippen LogP contribution in [-0.4, -0.2) is 62.3 Å². The molecule has 10 heteroatoms. The molecule has 0 aliphatic carbocycles. The summed E-state index contributed by atoms with van der Waals surface area (Å²) in [5, 5.41) is 9.99. The van der Waals surface area contributed by atoms with Gasteiger partial charge in [-0.2, -0.15) is 0 Å². The van der Waals surface area contributed by atoms with Gasteiger partial charge in [-0.3, -0.25) is 4.79 Å². The van der Waals surface area contributed by atoms with E-state index < -0.39 is 6.03 Å². The monoisotopic (exact) mass is 552 g/mol. The highest BCUT2D eigenvalue weighted by Crippen LogP contribution is 2.43. The maximum Gasteiger partial charge on any atom is 0.323 e. The first-order chi connectivity index (χ1) is 19.0. The third-order valence-corrected chi connectivity index (χ3v) is 8.27. The molecule has 208 valence electrons. The van der Waals surface area contributed by atoms with Crippen LogP contribution in [0, 0.1) is 5.92 Å². The highest BCUT2D eigenvalue weighted by molar-refractivity contribution is 7.20. The number of anilines is 2. The summed E-state index contributed by atoms with van der Waals surface area (Å²) in [5.41, 5.74) is 1.10. The van der Waals surface area contributed by atoms with Gasteiger partial charge in [0.25, 0.3) is 5.91 Å². The number of carbonyl (C=O) groups is 2. The number of nitrogens with one attached hydrogen (secondary N) is 3. The van der Waals surface area contributed by atoms with Crippen molar-refractivity contribution in [3.05, 3.63) is 41.3 Å². The molecule has 3 aliphatic heterocycles. The molecule has 0 unspecified atom stereocenters. The Hall–Kier alpha value is -3.50. The van der Waals surface area contributed by atoms with Gasteiger partial charge in [-0.1, -0.05) is 6.07 Å². The van der Waals surface area contributed by atoms with Gasteiger partial charge in [-0.25, -0.2) is 4.79 Å². The van der Waals surface area contributed by atoms with Gasteiger partial charge in [0.15, 0.2) is 11.5 Å². The number of ether oxygens (including phenoxy) is 3. The van der Waals surface area contributed by atoms with Crippen molar-refractivity contribution in [1.82, 2.24) is 10.2 Å². The quantitative estimate of drug-likeness (QED) is 0.304. The number of urea groups is 1. The van der Waals surface area contributed by atoms with E-state index in [-0.39, 0.29) is 11.9 Å². The van der Waals surface area contributed by atoms with Gasteiger partial charge in [0.1, 0.15) is 0 Å². The average molecular weight is 553 g/mol. The van der Waals surface area contributed by atoms with Crippen LogP contribution < -0.4 is 30.2 Å². The third-order valence-electron chi connectivity index (χ3n) is 7.18. The molecule has 3 fully saturated rings. The molecule has 3 N–H and O–H groups in total. The van der Waals surface area contributed by atoms with Crippen molar-refractivity contribution in [3.8, 4) is 17.2 Å². The van der Waals surface area contributed by atoms with Gasteiger partial charge < -0.3 is 35.1 Å². The minimum atomic E-state index is -0.418. The number of rotatable bonds is 10. The molecule has 3 aliphatic rings. The Morgan fingerprint density at radius 3 is 2.36 bits per heavy atom. The Morgan fingerprint density at radius 2 is 1.67 bits per heavy atom. The number of carbonyl (C=O) groups excluding carboxylic acids is 2. The predicted octanol–water partition coefficient (Wildman–Crippen LogP) is 5.57. The van der Waals surface area contributed by atoms with Gasteiger partial charge in [0, 0.05) is 23.0 Å². The first-order valence-electron chi connectivity index (χ1n) is 13.7. The minimum absolute atomic E-state index is 0.0220. The molecule has 1 atom stereocenters. The summed E-state index contributed by atoms with van der Waals surface area (Å²) in [6.45, 7) is 10.2. The van der Waals surface area contributed by atoms with E-state index in [1.165, 1.54) is 11.3 Å². The number of benzene rings is 2. The van der Waals surface area contributed by atoms with Crippen molar-refractivity contribution in [2.45, 2.75) is 39.7 Å². The molecule has 3 amide bonds. The highest BCUT2D eigenvalue weighted by Gasteiger charge is 2.35. The lowest BCUT2D eigenvalue weighted by molar-refractivity contribution is 0.0622. The normalized spacial score (nSPS) is 19.9. The molecule has 9 nitrogen and oxygen atoms in total. The van der Waals surface area contributed by atoms with E-state index in [1.54, 1.807) is 12.1 Å². The number of piperidine rings is 3. The minimum Gasteiger partial charge on any atom is -0.490 e. The molecule has 39 heavy (non-hydrogen) atoms. The van der Waals surface area contributed by atoms with Crippen molar-refractivity contribution in [3.63, 3.8) is 0 Å². The third kappa shape index (κ3) is 6.07. The van der Waals surface area contributed by atoms with Gasteiger partial charge >= 0.3 is 6.03 Å². The maximum atomic E-state index is 13.0. The molecule has 0 radical (unpaired) electrons. The Labute approximate surface area is 232 Å². The summed E-state index contributed by atoms with van der Waals surface area (Å²) in [6, 6.07) is 10.9. The smallest absolute Gasteiger partial charge is 0.323 e. The number of hydrogen-bond acceptors (Lipinski definition) is 7. The lowest BCUT2D eigenvalue weighted by Crippen LogP contribution is -2.57. The van der Waals surface area contributed by atoms with Crippen molar-refractivity contribution in [2.24, 2.45) is 5.92 Å². The van der Waals surface area contributed by atoms with Crippen LogP contribution in [0.15, 0.2) is 36.4 Å². The summed E-state index contributed by atoms with van der Waals surface area (Å²) < 4.78 is 18.2. The Kier molecular flexibility index (Phi) is 8.42. The maximum absolute atomic E-state index is 13.0. The van der Waals surface area contributed by atoms with Gasteiger partial charge in [0.05, 0.1) is 30.4 Å². The second kappa shape index (κ2) is 12.1. The second-order valence-electron chi connectivity index (χ2n) is 9.73. The Morgan fingerprint density at radius 1 is 0.923 bits per heavy atom. The summed E-state index contributed by atoms with van der Waals surface area (Å²) in [7, 11) is 0. The summed E-state index contributed by atoms with van der Waals surface area (Å²) in [5.74, 6) is 2.00. The second-order valence-corrected chi connectivity index (χ2v) is 10.8. The summed E-state index contributed by atoms with van der Waals surface area (Å²) >= 11 is 1.43. The zero-order valence-corrected chi connectivity index (χ0v) is 23.5. The van der Waals surface area contributed by atoms with E-state index in [0.29, 0.717) is 59.2 Å². The van der Waals surface area contributed by atoms with Gasteiger partial charge in [-0.15, -0.1) is 11.3 Å². The molecule has 0 spiro atoms. The number of hydrogen-bond donors (Lipinski definition) is 3. The number of thiophene rings is 1. The largest absolute Gasteiger partial charge is 0.490 e. The van der Waals surface area contributed by atoms with E-state index >= 15 is 0 Å². The van der Waals surface area contributed by atoms with Crippen LogP contribution in [0.3, 0.4) is 0 Å². The molecular weight excluding hydrogens is 516 g/mol. The van der Waals surface area contributed by atoms with Crippen LogP contribution in [0.1, 0.15) is 43.3 Å². The van der Waals surface area contributed by atoms with Gasteiger partial charge in [-0.05, 0) is 88.3 Å². The SMILES string of the molecule is CCOc1ccc(NC(=O)Nc2ccc3cc(C(=O)N[C@H]4CN5CCC4CC5)sc3c2)c(OCC)c1OCC. The van der Waals surface area contributed by atoms with Crippen LogP contribution >= 0.6 is 11.3 Å². The zero-order valence-electron chi connectivity index (χ0n) is 22.7. The highest BCUT2D eigenvalue weighted by atomic mass is 32.1. The van der Waals surface area contributed by atoms with Crippen LogP contribution in [0.2, 0.25) is 0 Å². The molecule has 3 aromatic rings. The first kappa shape index (κ1) is 27.1. The lowest BCUT2D eigenvalue weighted by Gasteiger charge is -2.44. The number of nitrogens with zero attached hydrogens (tertiary/aromatic N) is 1. The Bertz CT molecular complexity index is 1330. The molecule has 4 heterocycles. The van der Waals surface area contributed by atoms with Crippen LogP contribution in [0.25, 0.3) is 10.1 Å². The molecule has 6 rings (SSSR count). The standard InChI is InChI=1S/C29H36N4O5S/c1-4-36-23-10-9-21(26(37-5-2)27(23)38-6-3)32-29(35)30-20-8-7-19-15-25(39-24(19)16-20)28(34)31-22-17-33-13-11-18(22)12-14-33/h7-10,15-16,18,22H,4-6,11-14,17H2,1-3H3,(H,31,34)(H2,30,32,35)/t22-/m0/s1. The lowest BCUT2D eigenvalue weighted by atomic mass is 9.84. The van der Waals surface area contributed by atoms with E-state index in [1.807, 2.05) is 45.0 Å². The molecule has 2 bridgehead atoms. The molecule has 0 saturated carbocycles. The van der Waals surface area contributed by atoms with Gasteiger partial charge in [0.2, 0.25) is 5.75 Å². The van der Waals surface area contributed by atoms with Crippen LogP contribution in [0.5, 0.6) is 17.2 Å². The fourth-order valence-corrected chi connectivity index (χ4v) is 6.36. The van der Waals surface area contributed by atoms with E-state index in [4.69, 9.17) is 14.2 Å². The van der Waals surface area contributed by atoms with Crippen molar-refractivity contribution in [2.75, 3.05) is 50.1 Å². The fraction of sp³-hybridized carbons (Fsp3) is 0.448. The van der Waals surface area contributed by atoms with Crippen LogP contribution in [0.4, 0.5) is 16.2 Å². The molecule has 2 aromatic carbocycles. The molecular formula is C29H36N4O5S. The summed E-state index contributed by atoms with van der Waals surface area (Å²) in [6.07, 6.45) is 2.31. The fourth-order valence-electron chi connectivity index (χ4n) is 5.35. The van der Waals surface area contributed by atoms with Crippen molar-refractivity contribution >= 4 is 44.7 Å². The Balaban J connectivity index is 1.27. The predicted molar refractivity (Wildman–Crippen MR) is 155 cm³/mol. The summed E-state index contributed by atoms with van der Waals surface area (Å²) in [4.78, 5) is 29.1. The van der Waals surface area contributed by atoms with E-state index in [0.717, 1.165) is 42.6 Å². The van der Waals surface area contributed by atoms with Crippen LogP contribution in [-0.2, 0) is 0 Å². The van der Waals surface area contributed by atoms with E-state index in [2.05, 4.69) is 20.9 Å². The van der Waals surface area contributed by atoms with Crippen molar-refractivity contribution in [1.29, 1.82) is 0 Å². The average Bonchev–Trinajstić information content (AvgIpc) is 3.36. The van der Waals surface area contributed by atoms with E-state index in [9.17, 15) is 9.59 Å².